The summed E-state index contributed by atoms with van der Waals surface area (Å²) >= 11 is 0. The van der Waals surface area contributed by atoms with Gasteiger partial charge in [0.25, 0.3) is 0 Å². The molecule has 0 amide bonds. The Balaban J connectivity index is 1.91. The van der Waals surface area contributed by atoms with Crippen LogP contribution in [-0.4, -0.2) is 26.4 Å². The molecular formula is C42H60O2. The summed E-state index contributed by atoms with van der Waals surface area (Å²) < 4.78 is 11.3. The van der Waals surface area contributed by atoms with Crippen LogP contribution >= 0.6 is 0 Å². The lowest BCUT2D eigenvalue weighted by atomic mass is 9.71. The van der Waals surface area contributed by atoms with Gasteiger partial charge in [0.05, 0.1) is 12.2 Å². The van der Waals surface area contributed by atoms with Crippen molar-refractivity contribution in [1.82, 2.24) is 0 Å². The second kappa shape index (κ2) is 17.5. The highest BCUT2D eigenvalue weighted by atomic mass is 16.5. The molecule has 240 valence electrons. The molecule has 2 nitrogen and oxygen atoms in total. The molecule has 2 heteroatoms. The Kier molecular flexibility index (Phi) is 14.8. The number of methoxy groups -OCH3 is 2. The quantitative estimate of drug-likeness (QED) is 0.209. The lowest BCUT2D eigenvalue weighted by molar-refractivity contribution is 0.0625. The molecule has 2 rings (SSSR count). The van der Waals surface area contributed by atoms with Gasteiger partial charge in [-0.3, -0.25) is 0 Å². The van der Waals surface area contributed by atoms with Crippen LogP contribution in [0, 0.1) is 10.8 Å². The standard InChI is InChI=1S/C42H60O2/c1-31(19-15-21-33(3)23-25-39-35(5)27-37(43-11)29-41(39,7)8)17-13-14-18-32(2)20-16-22-34(4)24-26-40-36(6)28-38(44-12)30-42(40,9)10/h13-26,37-38H,27-30H2,1-12H3. The predicted octanol–water partition coefficient (Wildman–Crippen LogP) is 11.9. The minimum absolute atomic E-state index is 0.135. The monoisotopic (exact) mass is 596 g/mol. The summed E-state index contributed by atoms with van der Waals surface area (Å²) in [5.74, 6) is 0. The maximum atomic E-state index is 5.65. The molecule has 0 heterocycles. The molecule has 0 aromatic carbocycles. The molecule has 0 spiro atoms. The van der Waals surface area contributed by atoms with E-state index in [1.54, 1.807) is 0 Å². The zero-order valence-corrected chi connectivity index (χ0v) is 29.9. The van der Waals surface area contributed by atoms with Crippen molar-refractivity contribution in [2.45, 2.75) is 107 Å². The van der Waals surface area contributed by atoms with Crippen LogP contribution in [0.4, 0.5) is 0 Å². The van der Waals surface area contributed by atoms with Gasteiger partial charge in [-0.1, -0.05) is 146 Å². The Labute approximate surface area is 270 Å². The van der Waals surface area contributed by atoms with Crippen molar-refractivity contribution >= 4 is 0 Å². The molecule has 44 heavy (non-hydrogen) atoms. The smallest absolute Gasteiger partial charge is 0.0616 e. The lowest BCUT2D eigenvalue weighted by Gasteiger charge is -2.37. The van der Waals surface area contributed by atoms with Gasteiger partial charge in [-0.2, -0.15) is 0 Å². The summed E-state index contributed by atoms with van der Waals surface area (Å²) in [5, 5.41) is 0. The third-order valence-corrected chi connectivity index (χ3v) is 8.88. The molecule has 2 aliphatic rings. The maximum Gasteiger partial charge on any atom is 0.0616 e. The predicted molar refractivity (Wildman–Crippen MR) is 194 cm³/mol. The molecule has 2 aliphatic carbocycles. The average molecular weight is 597 g/mol. The summed E-state index contributed by atoms with van der Waals surface area (Å²) in [4.78, 5) is 0. The average Bonchev–Trinajstić information content (AvgIpc) is 2.93. The van der Waals surface area contributed by atoms with E-state index in [2.05, 4.69) is 154 Å². The Bertz CT molecular complexity index is 1220. The van der Waals surface area contributed by atoms with Crippen LogP contribution in [0.3, 0.4) is 0 Å². The van der Waals surface area contributed by atoms with E-state index in [9.17, 15) is 0 Å². The molecular weight excluding hydrogens is 536 g/mol. The summed E-state index contributed by atoms with van der Waals surface area (Å²) in [6.07, 6.45) is 35.3. The van der Waals surface area contributed by atoms with Crippen LogP contribution < -0.4 is 0 Å². The second-order valence-electron chi connectivity index (χ2n) is 14.1. The molecule has 2 atom stereocenters. The van der Waals surface area contributed by atoms with Crippen LogP contribution in [0.2, 0.25) is 0 Å². The first kappa shape index (κ1) is 37.2. The van der Waals surface area contributed by atoms with Gasteiger partial charge in [-0.05, 0) is 89.2 Å². The van der Waals surface area contributed by atoms with Crippen LogP contribution in [0.25, 0.3) is 0 Å². The normalized spacial score (nSPS) is 24.5. The first-order valence-electron chi connectivity index (χ1n) is 16.2. The van der Waals surface area contributed by atoms with E-state index in [1.165, 1.54) is 44.6 Å². The highest BCUT2D eigenvalue weighted by molar-refractivity contribution is 5.39. The van der Waals surface area contributed by atoms with Crippen molar-refractivity contribution in [2.75, 3.05) is 14.2 Å². The molecule has 0 radical (unpaired) electrons. The fourth-order valence-electron chi connectivity index (χ4n) is 6.40. The van der Waals surface area contributed by atoms with Gasteiger partial charge in [0.1, 0.15) is 0 Å². The highest BCUT2D eigenvalue weighted by Crippen LogP contribution is 2.43. The van der Waals surface area contributed by atoms with E-state index in [0.717, 1.165) is 25.7 Å². The van der Waals surface area contributed by atoms with Gasteiger partial charge in [0, 0.05) is 14.2 Å². The minimum atomic E-state index is 0.135. The SMILES string of the molecule is COC1CC(C)=C(C=CC(C)=CC=CC(C)=CC=CC=C(C)C=CC=C(C)C=CC2=C(C)CC(OC)CC2(C)C)C(C)(C)C1. The van der Waals surface area contributed by atoms with Crippen molar-refractivity contribution in [2.24, 2.45) is 10.8 Å². The van der Waals surface area contributed by atoms with Crippen LogP contribution in [-0.2, 0) is 9.47 Å². The Morgan fingerprint density at radius 2 is 0.864 bits per heavy atom. The van der Waals surface area contributed by atoms with Crippen molar-refractivity contribution in [1.29, 1.82) is 0 Å². The molecule has 0 saturated carbocycles. The third kappa shape index (κ3) is 12.2. The van der Waals surface area contributed by atoms with E-state index >= 15 is 0 Å². The first-order chi connectivity index (χ1) is 20.7. The number of rotatable bonds is 12. The molecule has 0 N–H and O–H groups in total. The van der Waals surface area contributed by atoms with E-state index in [1.807, 2.05) is 14.2 Å². The summed E-state index contributed by atoms with van der Waals surface area (Å²) in [6.45, 7) is 22.3. The first-order valence-corrected chi connectivity index (χ1v) is 16.2. The molecule has 0 fully saturated rings. The topological polar surface area (TPSA) is 18.5 Å². The van der Waals surface area contributed by atoms with E-state index in [0.29, 0.717) is 12.2 Å². The van der Waals surface area contributed by atoms with Gasteiger partial charge >= 0.3 is 0 Å². The minimum Gasteiger partial charge on any atom is -0.381 e. The maximum absolute atomic E-state index is 5.65. The summed E-state index contributed by atoms with van der Waals surface area (Å²) in [7, 11) is 3.65. The Morgan fingerprint density at radius 3 is 1.18 bits per heavy atom. The number of hydrogen-bond donors (Lipinski definition) is 0. The zero-order chi connectivity index (χ0) is 32.9. The van der Waals surface area contributed by atoms with Crippen molar-refractivity contribution in [3.8, 4) is 0 Å². The highest BCUT2D eigenvalue weighted by Gasteiger charge is 2.33. The van der Waals surface area contributed by atoms with Gasteiger partial charge in [-0.25, -0.2) is 0 Å². The fraction of sp³-hybridized carbons (Fsp3) is 0.476. The van der Waals surface area contributed by atoms with Crippen LogP contribution in [0.1, 0.15) is 94.9 Å². The number of ether oxygens (including phenoxy) is 2. The van der Waals surface area contributed by atoms with E-state index in [4.69, 9.17) is 9.47 Å². The second-order valence-corrected chi connectivity index (χ2v) is 14.1. The molecule has 0 saturated heterocycles. The fourth-order valence-corrected chi connectivity index (χ4v) is 6.40. The number of hydrogen-bond acceptors (Lipinski definition) is 2. The van der Waals surface area contributed by atoms with Crippen molar-refractivity contribution < 1.29 is 9.47 Å². The van der Waals surface area contributed by atoms with Crippen molar-refractivity contribution in [3.05, 3.63) is 130 Å². The van der Waals surface area contributed by atoms with E-state index in [-0.39, 0.29) is 10.8 Å². The largest absolute Gasteiger partial charge is 0.381 e. The summed E-state index contributed by atoms with van der Waals surface area (Å²) in [5.41, 5.74) is 10.9. The van der Waals surface area contributed by atoms with Crippen molar-refractivity contribution in [3.63, 3.8) is 0 Å². The van der Waals surface area contributed by atoms with Crippen LogP contribution in [0.5, 0.6) is 0 Å². The lowest BCUT2D eigenvalue weighted by Crippen LogP contribution is -2.29. The molecule has 0 bridgehead atoms. The van der Waals surface area contributed by atoms with Gasteiger partial charge in [-0.15, -0.1) is 0 Å². The van der Waals surface area contributed by atoms with Gasteiger partial charge in [0.15, 0.2) is 0 Å². The van der Waals surface area contributed by atoms with Gasteiger partial charge < -0.3 is 9.47 Å². The van der Waals surface area contributed by atoms with E-state index < -0.39 is 0 Å². The molecule has 0 aromatic rings. The Morgan fingerprint density at radius 1 is 0.545 bits per heavy atom. The molecule has 0 aromatic heterocycles. The van der Waals surface area contributed by atoms with Gasteiger partial charge in [0.2, 0.25) is 0 Å². The molecule has 0 aliphatic heterocycles. The zero-order valence-electron chi connectivity index (χ0n) is 29.9. The number of allylic oxidation sites excluding steroid dienone is 20. The third-order valence-electron chi connectivity index (χ3n) is 8.88. The Hall–Kier alpha value is -2.94. The summed E-state index contributed by atoms with van der Waals surface area (Å²) in [6, 6.07) is 0. The van der Waals surface area contributed by atoms with Crippen LogP contribution in [0.15, 0.2) is 130 Å². The molecule has 2 unspecified atom stereocenters.